The minimum Gasteiger partial charge on any atom is -0.486 e. The Hall–Kier alpha value is -2.58. The third-order valence-electron chi connectivity index (χ3n) is 5.63. The van der Waals surface area contributed by atoms with E-state index in [0.717, 1.165) is 35.2 Å². The lowest BCUT2D eigenvalue weighted by atomic mass is 10.0. The van der Waals surface area contributed by atoms with Crippen LogP contribution in [0.1, 0.15) is 24.4 Å². The molecular formula is C21H23N3O4S. The predicted molar refractivity (Wildman–Crippen MR) is 110 cm³/mol. The quantitative estimate of drug-likeness (QED) is 0.643. The summed E-state index contributed by atoms with van der Waals surface area (Å²) in [6.45, 7) is 1.99. The molecule has 1 atom stereocenters. The average molecular weight is 413 g/mol. The molecule has 7 nitrogen and oxygen atoms in total. The minimum atomic E-state index is -3.41. The molecule has 0 N–H and O–H groups in total. The van der Waals surface area contributed by atoms with E-state index in [4.69, 9.17) is 9.47 Å². The van der Waals surface area contributed by atoms with Crippen molar-refractivity contribution < 1.29 is 17.9 Å². The maximum Gasteiger partial charge on any atom is 0.216 e. The molecule has 0 bridgehead atoms. The highest BCUT2D eigenvalue weighted by atomic mass is 32.2. The molecule has 0 aliphatic carbocycles. The van der Waals surface area contributed by atoms with Crippen molar-refractivity contribution in [3.63, 3.8) is 0 Å². The highest BCUT2D eigenvalue weighted by molar-refractivity contribution is 7.89. The number of para-hydroxylation sites is 2. The fourth-order valence-electron chi connectivity index (χ4n) is 4.19. The third kappa shape index (κ3) is 3.47. The standard InChI is InChI=1S/C21H23N3O4S/c25-29(26,13-10-23-15-22-17-4-1-2-5-19(17)23)24-9-3-6-18(24)16-7-8-20-21(14-16)28-12-11-27-20/h1-2,4-5,7-8,14-15,18H,3,6,9-13H2/t18-/m0/s1. The van der Waals surface area contributed by atoms with E-state index in [1.54, 1.807) is 10.6 Å². The van der Waals surface area contributed by atoms with Gasteiger partial charge in [0.2, 0.25) is 10.0 Å². The van der Waals surface area contributed by atoms with Gasteiger partial charge in [-0.3, -0.25) is 0 Å². The Bertz CT molecular complexity index is 1140. The summed E-state index contributed by atoms with van der Waals surface area (Å²) >= 11 is 0. The van der Waals surface area contributed by atoms with Crippen molar-refractivity contribution >= 4 is 21.1 Å². The average Bonchev–Trinajstić information content (AvgIpc) is 3.40. The molecule has 0 unspecified atom stereocenters. The van der Waals surface area contributed by atoms with Gasteiger partial charge >= 0.3 is 0 Å². The van der Waals surface area contributed by atoms with Gasteiger partial charge in [0, 0.05) is 19.1 Å². The fourth-order valence-corrected chi connectivity index (χ4v) is 5.88. The Balaban J connectivity index is 1.36. The van der Waals surface area contributed by atoms with Crippen LogP contribution in [0.4, 0.5) is 0 Å². The van der Waals surface area contributed by atoms with E-state index in [-0.39, 0.29) is 11.8 Å². The van der Waals surface area contributed by atoms with Gasteiger partial charge in [0.1, 0.15) is 13.2 Å². The summed E-state index contributed by atoms with van der Waals surface area (Å²) < 4.78 is 41.2. The number of imidazole rings is 1. The van der Waals surface area contributed by atoms with Gasteiger partial charge in [-0.05, 0) is 42.7 Å². The largest absolute Gasteiger partial charge is 0.486 e. The number of nitrogens with zero attached hydrogens (tertiary/aromatic N) is 3. The van der Waals surface area contributed by atoms with Crippen LogP contribution in [0.3, 0.4) is 0 Å². The predicted octanol–water partition coefficient (Wildman–Crippen LogP) is 2.97. The highest BCUT2D eigenvalue weighted by Crippen LogP contribution is 2.39. The second-order valence-corrected chi connectivity index (χ2v) is 9.46. The first-order valence-electron chi connectivity index (χ1n) is 9.91. The molecule has 29 heavy (non-hydrogen) atoms. The molecule has 2 aliphatic heterocycles. The number of hydrogen-bond acceptors (Lipinski definition) is 5. The van der Waals surface area contributed by atoms with E-state index < -0.39 is 10.0 Å². The Morgan fingerprint density at radius 3 is 2.79 bits per heavy atom. The van der Waals surface area contributed by atoms with Crippen LogP contribution in [0.25, 0.3) is 11.0 Å². The van der Waals surface area contributed by atoms with Crippen LogP contribution in [0, 0.1) is 0 Å². The molecule has 2 aliphatic rings. The summed E-state index contributed by atoms with van der Waals surface area (Å²) in [5.74, 6) is 1.47. The van der Waals surface area contributed by atoms with Crippen LogP contribution < -0.4 is 9.47 Å². The zero-order valence-corrected chi connectivity index (χ0v) is 16.8. The van der Waals surface area contributed by atoms with Crippen LogP contribution in [-0.4, -0.2) is 47.8 Å². The van der Waals surface area contributed by atoms with Gasteiger partial charge in [0.15, 0.2) is 11.5 Å². The first-order chi connectivity index (χ1) is 14.1. The van der Waals surface area contributed by atoms with Gasteiger partial charge in [-0.1, -0.05) is 18.2 Å². The smallest absolute Gasteiger partial charge is 0.216 e. The maximum atomic E-state index is 13.2. The topological polar surface area (TPSA) is 73.7 Å². The fraction of sp³-hybridized carbons (Fsp3) is 0.381. The van der Waals surface area contributed by atoms with Gasteiger partial charge in [-0.15, -0.1) is 0 Å². The van der Waals surface area contributed by atoms with Crippen molar-refractivity contribution in [3.05, 3.63) is 54.4 Å². The van der Waals surface area contributed by atoms with Crippen molar-refractivity contribution in [2.45, 2.75) is 25.4 Å². The number of fused-ring (bicyclic) bond motifs is 2. The van der Waals surface area contributed by atoms with E-state index in [0.29, 0.717) is 32.1 Å². The van der Waals surface area contributed by atoms with Crippen LogP contribution >= 0.6 is 0 Å². The number of benzene rings is 2. The minimum absolute atomic E-state index is 0.0500. The summed E-state index contributed by atoms with van der Waals surface area (Å²) in [6.07, 6.45) is 3.38. The molecule has 5 rings (SSSR count). The lowest BCUT2D eigenvalue weighted by Crippen LogP contribution is -2.34. The lowest BCUT2D eigenvalue weighted by Gasteiger charge is -2.26. The Kier molecular flexibility index (Phi) is 4.67. The van der Waals surface area contributed by atoms with Gasteiger partial charge in [-0.2, -0.15) is 4.31 Å². The molecule has 8 heteroatoms. The molecule has 1 aromatic heterocycles. The Labute approximate surface area is 169 Å². The molecule has 1 saturated heterocycles. The van der Waals surface area contributed by atoms with Crippen molar-refractivity contribution in [1.82, 2.24) is 13.9 Å². The van der Waals surface area contributed by atoms with E-state index in [1.165, 1.54) is 0 Å². The monoisotopic (exact) mass is 413 g/mol. The van der Waals surface area contributed by atoms with Crippen molar-refractivity contribution in [2.75, 3.05) is 25.5 Å². The van der Waals surface area contributed by atoms with Crippen LogP contribution in [0.5, 0.6) is 11.5 Å². The van der Waals surface area contributed by atoms with Gasteiger partial charge in [0.05, 0.1) is 23.1 Å². The van der Waals surface area contributed by atoms with E-state index >= 15 is 0 Å². The number of aromatic nitrogens is 2. The number of aryl methyl sites for hydroxylation is 1. The molecule has 0 amide bonds. The molecule has 2 aromatic carbocycles. The molecule has 0 radical (unpaired) electrons. The second-order valence-electron chi connectivity index (χ2n) is 7.41. The summed E-state index contributed by atoms with van der Waals surface area (Å²) in [5, 5.41) is 0. The SMILES string of the molecule is O=S(=O)(CCn1cnc2ccccc21)N1CCC[C@H]1c1ccc2c(c1)OCCO2. The second kappa shape index (κ2) is 7.35. The van der Waals surface area contributed by atoms with E-state index in [2.05, 4.69) is 4.98 Å². The molecule has 152 valence electrons. The Morgan fingerprint density at radius 1 is 1.07 bits per heavy atom. The van der Waals surface area contributed by atoms with Gasteiger partial charge in [-0.25, -0.2) is 13.4 Å². The van der Waals surface area contributed by atoms with Crippen molar-refractivity contribution in [1.29, 1.82) is 0 Å². The number of hydrogen-bond donors (Lipinski definition) is 0. The van der Waals surface area contributed by atoms with Gasteiger partial charge < -0.3 is 14.0 Å². The third-order valence-corrected chi connectivity index (χ3v) is 7.48. The summed E-state index contributed by atoms with van der Waals surface area (Å²) in [7, 11) is -3.41. The molecule has 0 saturated carbocycles. The molecule has 0 spiro atoms. The highest BCUT2D eigenvalue weighted by Gasteiger charge is 2.35. The van der Waals surface area contributed by atoms with Crippen LogP contribution in [0.2, 0.25) is 0 Å². The first kappa shape index (κ1) is 18.4. The van der Waals surface area contributed by atoms with Crippen LogP contribution in [0.15, 0.2) is 48.8 Å². The number of sulfonamides is 1. The normalized spacial score (nSPS) is 19.7. The van der Waals surface area contributed by atoms with E-state index in [9.17, 15) is 8.42 Å². The molecular weight excluding hydrogens is 390 g/mol. The summed E-state index contributed by atoms with van der Waals surface area (Å²) in [4.78, 5) is 4.35. The van der Waals surface area contributed by atoms with E-state index in [1.807, 2.05) is 47.0 Å². The molecule has 1 fully saturated rings. The zero-order chi connectivity index (χ0) is 19.8. The van der Waals surface area contributed by atoms with Crippen molar-refractivity contribution in [3.8, 4) is 11.5 Å². The lowest BCUT2D eigenvalue weighted by molar-refractivity contribution is 0.171. The number of ether oxygens (including phenoxy) is 2. The first-order valence-corrected chi connectivity index (χ1v) is 11.5. The molecule has 3 aromatic rings. The summed E-state index contributed by atoms with van der Waals surface area (Å²) in [6, 6.07) is 13.4. The summed E-state index contributed by atoms with van der Waals surface area (Å²) in [5.41, 5.74) is 2.79. The molecule has 3 heterocycles. The maximum absolute atomic E-state index is 13.2. The number of rotatable bonds is 5. The van der Waals surface area contributed by atoms with Crippen molar-refractivity contribution in [2.24, 2.45) is 0 Å². The van der Waals surface area contributed by atoms with Gasteiger partial charge in [0.25, 0.3) is 0 Å². The Morgan fingerprint density at radius 2 is 1.90 bits per heavy atom. The van der Waals surface area contributed by atoms with Crippen LogP contribution in [-0.2, 0) is 16.6 Å². The zero-order valence-electron chi connectivity index (χ0n) is 16.0.